The third-order valence-corrected chi connectivity index (χ3v) is 3.04. The van der Waals surface area contributed by atoms with E-state index in [1.54, 1.807) is 24.4 Å². The van der Waals surface area contributed by atoms with E-state index < -0.39 is 0 Å². The Morgan fingerprint density at radius 2 is 1.89 bits per heavy atom. The molecular formula is C14H11Cl2NO. The van der Waals surface area contributed by atoms with Gasteiger partial charge in [-0.1, -0.05) is 41.4 Å². The largest absolute Gasteiger partial charge is 0.507 e. The molecular weight excluding hydrogens is 269 g/mol. The van der Waals surface area contributed by atoms with Gasteiger partial charge in [0.05, 0.1) is 6.54 Å². The molecule has 0 atom stereocenters. The Bertz CT molecular complexity index is 582. The van der Waals surface area contributed by atoms with Crippen molar-refractivity contribution in [3.8, 4) is 5.75 Å². The number of benzene rings is 2. The molecule has 92 valence electrons. The standard InChI is InChI=1S/C14H11Cl2NO/c15-12-5-6-14(18)11(7-12)9-17-8-10-3-1-2-4-13(10)16/h1-7,9,18H,8H2. The summed E-state index contributed by atoms with van der Waals surface area (Å²) < 4.78 is 0. The zero-order chi connectivity index (χ0) is 13.0. The lowest BCUT2D eigenvalue weighted by atomic mass is 10.2. The van der Waals surface area contributed by atoms with Gasteiger partial charge in [-0.3, -0.25) is 4.99 Å². The highest BCUT2D eigenvalue weighted by Gasteiger charge is 1.99. The van der Waals surface area contributed by atoms with Crippen molar-refractivity contribution in [1.29, 1.82) is 0 Å². The van der Waals surface area contributed by atoms with E-state index in [4.69, 9.17) is 23.2 Å². The fourth-order valence-electron chi connectivity index (χ4n) is 1.50. The molecule has 0 aromatic heterocycles. The normalized spacial score (nSPS) is 11.0. The first kappa shape index (κ1) is 12.9. The van der Waals surface area contributed by atoms with Crippen molar-refractivity contribution in [1.82, 2.24) is 0 Å². The Morgan fingerprint density at radius 3 is 2.67 bits per heavy atom. The van der Waals surface area contributed by atoms with Gasteiger partial charge in [0, 0.05) is 21.8 Å². The lowest BCUT2D eigenvalue weighted by Crippen LogP contribution is -1.86. The Balaban J connectivity index is 2.12. The zero-order valence-electron chi connectivity index (χ0n) is 9.48. The summed E-state index contributed by atoms with van der Waals surface area (Å²) in [6, 6.07) is 12.3. The average molecular weight is 280 g/mol. The molecule has 2 rings (SSSR count). The van der Waals surface area contributed by atoms with Crippen LogP contribution in [0.3, 0.4) is 0 Å². The second kappa shape index (κ2) is 5.89. The van der Waals surface area contributed by atoms with Crippen molar-refractivity contribution in [2.75, 3.05) is 0 Å². The topological polar surface area (TPSA) is 32.6 Å². The van der Waals surface area contributed by atoms with Crippen molar-refractivity contribution in [3.05, 3.63) is 63.6 Å². The maximum atomic E-state index is 9.61. The molecule has 2 aromatic rings. The van der Waals surface area contributed by atoms with Gasteiger partial charge in [0.25, 0.3) is 0 Å². The molecule has 0 saturated carbocycles. The molecule has 4 heteroatoms. The first-order valence-corrected chi connectivity index (χ1v) is 6.14. The third kappa shape index (κ3) is 3.25. The number of hydrogen-bond donors (Lipinski definition) is 1. The Hall–Kier alpha value is -1.51. The van der Waals surface area contributed by atoms with Crippen molar-refractivity contribution < 1.29 is 5.11 Å². The van der Waals surface area contributed by atoms with Crippen molar-refractivity contribution in [3.63, 3.8) is 0 Å². The molecule has 0 fully saturated rings. The van der Waals surface area contributed by atoms with Crippen LogP contribution in [0.5, 0.6) is 5.75 Å². The summed E-state index contributed by atoms with van der Waals surface area (Å²) in [7, 11) is 0. The number of aliphatic imine (C=N–C) groups is 1. The zero-order valence-corrected chi connectivity index (χ0v) is 11.0. The molecule has 0 bridgehead atoms. The number of halogens is 2. The number of phenolic OH excluding ortho intramolecular Hbond substituents is 1. The van der Waals surface area contributed by atoms with Gasteiger partial charge in [-0.2, -0.15) is 0 Å². The minimum absolute atomic E-state index is 0.155. The first-order valence-electron chi connectivity index (χ1n) is 5.38. The van der Waals surface area contributed by atoms with Gasteiger partial charge in [-0.05, 0) is 29.8 Å². The van der Waals surface area contributed by atoms with E-state index in [0.717, 1.165) is 5.56 Å². The lowest BCUT2D eigenvalue weighted by Gasteiger charge is -2.01. The van der Waals surface area contributed by atoms with E-state index in [1.165, 1.54) is 0 Å². The van der Waals surface area contributed by atoms with Gasteiger partial charge in [-0.25, -0.2) is 0 Å². The second-order valence-electron chi connectivity index (χ2n) is 3.76. The van der Waals surface area contributed by atoms with Crippen LogP contribution in [-0.2, 0) is 6.54 Å². The van der Waals surface area contributed by atoms with E-state index in [9.17, 15) is 5.11 Å². The summed E-state index contributed by atoms with van der Waals surface area (Å²) in [6.45, 7) is 0.464. The van der Waals surface area contributed by atoms with Crippen LogP contribution in [0.2, 0.25) is 10.0 Å². The molecule has 0 aliphatic heterocycles. The molecule has 0 aliphatic carbocycles. The highest BCUT2D eigenvalue weighted by atomic mass is 35.5. The molecule has 0 spiro atoms. The smallest absolute Gasteiger partial charge is 0.124 e. The molecule has 0 saturated heterocycles. The summed E-state index contributed by atoms with van der Waals surface area (Å²) >= 11 is 11.9. The van der Waals surface area contributed by atoms with E-state index in [2.05, 4.69) is 4.99 Å². The molecule has 2 aromatic carbocycles. The predicted molar refractivity (Wildman–Crippen MR) is 75.9 cm³/mol. The van der Waals surface area contributed by atoms with Crippen LogP contribution < -0.4 is 0 Å². The van der Waals surface area contributed by atoms with Crippen LogP contribution in [0.15, 0.2) is 47.5 Å². The molecule has 18 heavy (non-hydrogen) atoms. The SMILES string of the molecule is Oc1ccc(Cl)cc1C=NCc1ccccc1Cl. The Labute approximate surface area is 116 Å². The van der Waals surface area contributed by atoms with E-state index in [1.807, 2.05) is 24.3 Å². The van der Waals surface area contributed by atoms with Crippen molar-refractivity contribution >= 4 is 29.4 Å². The van der Waals surface area contributed by atoms with Crippen molar-refractivity contribution in [2.45, 2.75) is 6.54 Å². The number of phenols is 1. The van der Waals surface area contributed by atoms with Crippen LogP contribution in [0, 0.1) is 0 Å². The first-order chi connectivity index (χ1) is 8.66. The summed E-state index contributed by atoms with van der Waals surface area (Å²) in [6.07, 6.45) is 1.59. The van der Waals surface area contributed by atoms with E-state index in [0.29, 0.717) is 22.2 Å². The highest BCUT2D eigenvalue weighted by Crippen LogP contribution is 2.20. The highest BCUT2D eigenvalue weighted by molar-refractivity contribution is 6.31. The van der Waals surface area contributed by atoms with E-state index in [-0.39, 0.29) is 5.75 Å². The van der Waals surface area contributed by atoms with Crippen LogP contribution in [0.25, 0.3) is 0 Å². The van der Waals surface area contributed by atoms with Gasteiger partial charge in [0.1, 0.15) is 5.75 Å². The monoisotopic (exact) mass is 279 g/mol. The fraction of sp³-hybridized carbons (Fsp3) is 0.0714. The van der Waals surface area contributed by atoms with Crippen LogP contribution in [-0.4, -0.2) is 11.3 Å². The quantitative estimate of drug-likeness (QED) is 0.834. The maximum absolute atomic E-state index is 9.61. The number of hydrogen-bond acceptors (Lipinski definition) is 2. The minimum atomic E-state index is 0.155. The molecule has 0 heterocycles. The predicted octanol–water partition coefficient (Wildman–Crippen LogP) is 4.32. The second-order valence-corrected chi connectivity index (χ2v) is 4.61. The third-order valence-electron chi connectivity index (χ3n) is 2.44. The van der Waals surface area contributed by atoms with Gasteiger partial charge in [0.2, 0.25) is 0 Å². The molecule has 0 radical (unpaired) electrons. The molecule has 2 nitrogen and oxygen atoms in total. The molecule has 0 unspecified atom stereocenters. The van der Waals surface area contributed by atoms with Crippen LogP contribution in [0.1, 0.15) is 11.1 Å². The van der Waals surface area contributed by atoms with Crippen LogP contribution >= 0.6 is 23.2 Å². The number of nitrogens with zero attached hydrogens (tertiary/aromatic N) is 1. The minimum Gasteiger partial charge on any atom is -0.507 e. The lowest BCUT2D eigenvalue weighted by molar-refractivity contribution is 0.474. The van der Waals surface area contributed by atoms with Crippen LogP contribution in [0.4, 0.5) is 0 Å². The number of aromatic hydroxyl groups is 1. The van der Waals surface area contributed by atoms with Gasteiger partial charge < -0.3 is 5.11 Å². The van der Waals surface area contributed by atoms with Gasteiger partial charge in [-0.15, -0.1) is 0 Å². The molecule has 1 N–H and O–H groups in total. The average Bonchev–Trinajstić information content (AvgIpc) is 2.36. The summed E-state index contributed by atoms with van der Waals surface area (Å²) in [5.74, 6) is 0.155. The Morgan fingerprint density at radius 1 is 1.11 bits per heavy atom. The van der Waals surface area contributed by atoms with Crippen molar-refractivity contribution in [2.24, 2.45) is 4.99 Å². The van der Waals surface area contributed by atoms with Gasteiger partial charge in [0.15, 0.2) is 0 Å². The molecule has 0 amide bonds. The summed E-state index contributed by atoms with van der Waals surface area (Å²) in [5, 5.41) is 10.9. The Kier molecular flexibility index (Phi) is 4.24. The summed E-state index contributed by atoms with van der Waals surface area (Å²) in [4.78, 5) is 4.25. The van der Waals surface area contributed by atoms with E-state index >= 15 is 0 Å². The summed E-state index contributed by atoms with van der Waals surface area (Å²) in [5.41, 5.74) is 1.53. The molecule has 0 aliphatic rings. The fourth-order valence-corrected chi connectivity index (χ4v) is 1.87. The maximum Gasteiger partial charge on any atom is 0.124 e. The van der Waals surface area contributed by atoms with Gasteiger partial charge >= 0.3 is 0 Å². The number of rotatable bonds is 3.